The van der Waals surface area contributed by atoms with Crippen LogP contribution in [-0.2, 0) is 18.3 Å². The van der Waals surface area contributed by atoms with E-state index in [4.69, 9.17) is 5.11 Å². The monoisotopic (exact) mass is 232 g/mol. The molecule has 2 rings (SSSR count). The quantitative estimate of drug-likeness (QED) is 0.846. The molecule has 0 unspecified atom stereocenters. The van der Waals surface area contributed by atoms with E-state index in [0.717, 1.165) is 16.8 Å². The predicted molar refractivity (Wildman–Crippen MR) is 60.2 cm³/mol. The van der Waals surface area contributed by atoms with E-state index in [9.17, 15) is 4.79 Å². The van der Waals surface area contributed by atoms with Crippen LogP contribution in [0.4, 0.5) is 0 Å². The number of aromatic nitrogens is 4. The van der Waals surface area contributed by atoms with Gasteiger partial charge in [0.25, 0.3) is 0 Å². The largest absolute Gasteiger partial charge is 0.481 e. The predicted octanol–water partition coefficient (Wildman–Crippen LogP) is 0.894. The Morgan fingerprint density at radius 2 is 2.24 bits per heavy atom. The number of carbonyl (C=O) groups is 1. The van der Waals surface area contributed by atoms with Crippen molar-refractivity contribution in [3.8, 4) is 11.3 Å². The standard InChI is InChI=1S/C11H12N4O2/c1-15-13-7-10(14-15)9-4-8(5-12-6-9)2-3-11(16)17/h4-7H,2-3H2,1H3,(H,16,17). The molecule has 0 atom stereocenters. The fraction of sp³-hybridized carbons (Fsp3) is 0.273. The average molecular weight is 232 g/mol. The summed E-state index contributed by atoms with van der Waals surface area (Å²) in [4.78, 5) is 16.0. The van der Waals surface area contributed by atoms with E-state index in [1.54, 1.807) is 25.6 Å². The lowest BCUT2D eigenvalue weighted by atomic mass is 10.1. The van der Waals surface area contributed by atoms with E-state index < -0.39 is 5.97 Å². The number of hydrogen-bond donors (Lipinski definition) is 1. The Balaban J connectivity index is 2.19. The van der Waals surface area contributed by atoms with E-state index in [1.807, 2.05) is 6.07 Å². The molecule has 0 aliphatic rings. The van der Waals surface area contributed by atoms with Gasteiger partial charge in [-0.25, -0.2) is 0 Å². The van der Waals surface area contributed by atoms with Crippen LogP contribution < -0.4 is 0 Å². The summed E-state index contributed by atoms with van der Waals surface area (Å²) in [5.41, 5.74) is 2.47. The fourth-order valence-electron chi connectivity index (χ4n) is 1.49. The minimum Gasteiger partial charge on any atom is -0.481 e. The Morgan fingerprint density at radius 1 is 1.41 bits per heavy atom. The van der Waals surface area contributed by atoms with Crippen molar-refractivity contribution >= 4 is 5.97 Å². The van der Waals surface area contributed by atoms with E-state index in [0.29, 0.717) is 6.42 Å². The summed E-state index contributed by atoms with van der Waals surface area (Å²) in [5.74, 6) is -0.810. The lowest BCUT2D eigenvalue weighted by Gasteiger charge is -2.00. The summed E-state index contributed by atoms with van der Waals surface area (Å²) < 4.78 is 0. The second-order valence-electron chi connectivity index (χ2n) is 3.69. The number of carboxylic acid groups (broad SMARTS) is 1. The van der Waals surface area contributed by atoms with Gasteiger partial charge in [-0.1, -0.05) is 0 Å². The maximum Gasteiger partial charge on any atom is 0.303 e. The van der Waals surface area contributed by atoms with Crippen LogP contribution in [0.1, 0.15) is 12.0 Å². The highest BCUT2D eigenvalue weighted by Crippen LogP contribution is 2.16. The van der Waals surface area contributed by atoms with Crippen molar-refractivity contribution in [1.82, 2.24) is 20.0 Å². The van der Waals surface area contributed by atoms with Crippen molar-refractivity contribution < 1.29 is 9.90 Å². The zero-order valence-corrected chi connectivity index (χ0v) is 9.37. The molecular weight excluding hydrogens is 220 g/mol. The highest BCUT2D eigenvalue weighted by Gasteiger charge is 2.05. The number of nitrogens with zero attached hydrogens (tertiary/aromatic N) is 4. The molecule has 0 saturated carbocycles. The lowest BCUT2D eigenvalue weighted by Crippen LogP contribution is -1.98. The van der Waals surface area contributed by atoms with Crippen LogP contribution >= 0.6 is 0 Å². The number of hydrogen-bond acceptors (Lipinski definition) is 4. The second-order valence-corrected chi connectivity index (χ2v) is 3.69. The summed E-state index contributed by atoms with van der Waals surface area (Å²) >= 11 is 0. The molecular formula is C11H12N4O2. The van der Waals surface area contributed by atoms with Gasteiger partial charge in [-0.3, -0.25) is 9.78 Å². The van der Waals surface area contributed by atoms with Gasteiger partial charge in [0.1, 0.15) is 5.69 Å². The van der Waals surface area contributed by atoms with Gasteiger partial charge in [-0.05, 0) is 18.1 Å². The molecule has 0 aromatic carbocycles. The molecule has 1 N–H and O–H groups in total. The van der Waals surface area contributed by atoms with Crippen molar-refractivity contribution in [1.29, 1.82) is 0 Å². The first-order valence-corrected chi connectivity index (χ1v) is 5.17. The molecule has 0 spiro atoms. The van der Waals surface area contributed by atoms with Gasteiger partial charge in [0, 0.05) is 31.4 Å². The summed E-state index contributed by atoms with van der Waals surface area (Å²) in [7, 11) is 1.74. The van der Waals surface area contributed by atoms with Crippen LogP contribution in [0, 0.1) is 0 Å². The molecule has 2 heterocycles. The van der Waals surface area contributed by atoms with Crippen LogP contribution in [-0.4, -0.2) is 31.1 Å². The van der Waals surface area contributed by atoms with Crippen molar-refractivity contribution in [3.05, 3.63) is 30.2 Å². The van der Waals surface area contributed by atoms with Crippen molar-refractivity contribution in [3.63, 3.8) is 0 Å². The SMILES string of the molecule is Cn1ncc(-c2cncc(CCC(=O)O)c2)n1. The molecule has 17 heavy (non-hydrogen) atoms. The Hall–Kier alpha value is -2.24. The lowest BCUT2D eigenvalue weighted by molar-refractivity contribution is -0.136. The summed E-state index contributed by atoms with van der Waals surface area (Å²) in [6, 6.07) is 1.89. The molecule has 2 aromatic rings. The van der Waals surface area contributed by atoms with Gasteiger partial charge < -0.3 is 5.11 Å². The minimum atomic E-state index is -0.810. The molecule has 88 valence electrons. The Bertz CT molecular complexity index is 536. The zero-order valence-electron chi connectivity index (χ0n) is 9.37. The van der Waals surface area contributed by atoms with Crippen molar-refractivity contribution in [2.75, 3.05) is 0 Å². The first kappa shape index (κ1) is 11.3. The summed E-state index contributed by atoms with van der Waals surface area (Å²) in [5, 5.41) is 16.8. The zero-order chi connectivity index (χ0) is 12.3. The first-order valence-electron chi connectivity index (χ1n) is 5.17. The molecule has 0 bridgehead atoms. The number of aryl methyl sites for hydroxylation is 2. The van der Waals surface area contributed by atoms with E-state index in [1.165, 1.54) is 4.80 Å². The third-order valence-electron chi connectivity index (χ3n) is 2.32. The number of aliphatic carboxylic acids is 1. The van der Waals surface area contributed by atoms with Crippen LogP contribution in [0.5, 0.6) is 0 Å². The topological polar surface area (TPSA) is 80.9 Å². The van der Waals surface area contributed by atoms with Crippen molar-refractivity contribution in [2.24, 2.45) is 7.05 Å². The van der Waals surface area contributed by atoms with Gasteiger partial charge in [-0.2, -0.15) is 15.0 Å². The summed E-state index contributed by atoms with van der Waals surface area (Å²) in [6.07, 6.45) is 5.58. The molecule has 0 aliphatic carbocycles. The molecule has 0 saturated heterocycles. The van der Waals surface area contributed by atoms with Gasteiger partial charge in [0.2, 0.25) is 0 Å². The fourth-order valence-corrected chi connectivity index (χ4v) is 1.49. The molecule has 0 aliphatic heterocycles. The van der Waals surface area contributed by atoms with E-state index >= 15 is 0 Å². The maximum absolute atomic E-state index is 10.5. The van der Waals surface area contributed by atoms with Gasteiger partial charge in [0.15, 0.2) is 0 Å². The van der Waals surface area contributed by atoms with Gasteiger partial charge in [0.05, 0.1) is 6.20 Å². The Morgan fingerprint density at radius 3 is 2.88 bits per heavy atom. The highest BCUT2D eigenvalue weighted by molar-refractivity contribution is 5.67. The minimum absolute atomic E-state index is 0.103. The van der Waals surface area contributed by atoms with Gasteiger partial charge in [-0.15, -0.1) is 0 Å². The molecule has 0 radical (unpaired) electrons. The van der Waals surface area contributed by atoms with E-state index in [-0.39, 0.29) is 6.42 Å². The first-order chi connectivity index (χ1) is 8.15. The average Bonchev–Trinajstić information content (AvgIpc) is 2.74. The third kappa shape index (κ3) is 2.87. The smallest absolute Gasteiger partial charge is 0.303 e. The Kier molecular flexibility index (Phi) is 3.13. The third-order valence-corrected chi connectivity index (χ3v) is 2.32. The highest BCUT2D eigenvalue weighted by atomic mass is 16.4. The van der Waals surface area contributed by atoms with Crippen molar-refractivity contribution in [2.45, 2.75) is 12.8 Å². The normalized spacial score (nSPS) is 10.4. The molecule has 2 aromatic heterocycles. The van der Waals surface area contributed by atoms with E-state index in [2.05, 4.69) is 15.2 Å². The molecule has 6 heteroatoms. The Labute approximate surface area is 97.9 Å². The molecule has 0 amide bonds. The number of carboxylic acids is 1. The van der Waals surface area contributed by atoms with Crippen LogP contribution in [0.2, 0.25) is 0 Å². The van der Waals surface area contributed by atoms with Crippen LogP contribution in [0.15, 0.2) is 24.7 Å². The number of rotatable bonds is 4. The molecule has 6 nitrogen and oxygen atoms in total. The summed E-state index contributed by atoms with van der Waals surface area (Å²) in [6.45, 7) is 0. The van der Waals surface area contributed by atoms with Gasteiger partial charge >= 0.3 is 5.97 Å². The maximum atomic E-state index is 10.5. The number of pyridine rings is 1. The van der Waals surface area contributed by atoms with Crippen LogP contribution in [0.25, 0.3) is 11.3 Å². The van der Waals surface area contributed by atoms with Crippen LogP contribution in [0.3, 0.4) is 0 Å². The molecule has 0 fully saturated rings. The second kappa shape index (κ2) is 4.73.